The summed E-state index contributed by atoms with van der Waals surface area (Å²) in [7, 11) is -3.87. The zero-order valence-corrected chi connectivity index (χ0v) is 17.8. The fourth-order valence-corrected chi connectivity index (χ4v) is 4.92. The smallest absolute Gasteiger partial charge is 0.335 e. The number of benzene rings is 3. The van der Waals surface area contributed by atoms with Crippen molar-refractivity contribution in [2.24, 2.45) is 0 Å². The summed E-state index contributed by atoms with van der Waals surface area (Å²) in [4.78, 5) is 11.2. The highest BCUT2D eigenvalue weighted by Crippen LogP contribution is 2.39. The van der Waals surface area contributed by atoms with E-state index >= 15 is 0 Å². The topological polar surface area (TPSA) is 95.5 Å². The SMILES string of the molecule is O=C(O)c1ccc(C2(NS(=O)(=O)C=Cc3ccccc3)Cc3cc(Cl)ccc3N2)cc1. The molecule has 6 nitrogen and oxygen atoms in total. The van der Waals surface area contributed by atoms with Gasteiger partial charge in [-0.1, -0.05) is 54.1 Å². The van der Waals surface area contributed by atoms with E-state index in [-0.39, 0.29) is 5.56 Å². The summed E-state index contributed by atoms with van der Waals surface area (Å²) in [6, 6.07) is 20.5. The summed E-state index contributed by atoms with van der Waals surface area (Å²) in [6.07, 6.45) is 1.82. The van der Waals surface area contributed by atoms with Gasteiger partial charge in [0.15, 0.2) is 0 Å². The van der Waals surface area contributed by atoms with E-state index in [0.29, 0.717) is 17.0 Å². The summed E-state index contributed by atoms with van der Waals surface area (Å²) in [5.41, 5.74) is 1.86. The summed E-state index contributed by atoms with van der Waals surface area (Å²) in [5.74, 6) is -1.05. The zero-order valence-electron chi connectivity index (χ0n) is 16.2. The van der Waals surface area contributed by atoms with Gasteiger partial charge in [0.2, 0.25) is 10.0 Å². The molecule has 31 heavy (non-hydrogen) atoms. The molecule has 0 saturated carbocycles. The molecule has 1 atom stereocenters. The molecule has 8 heteroatoms. The van der Waals surface area contributed by atoms with Gasteiger partial charge in [-0.2, -0.15) is 4.72 Å². The number of rotatable bonds is 6. The highest BCUT2D eigenvalue weighted by molar-refractivity contribution is 7.92. The van der Waals surface area contributed by atoms with Crippen molar-refractivity contribution in [3.05, 3.63) is 105 Å². The van der Waals surface area contributed by atoms with E-state index in [4.69, 9.17) is 11.6 Å². The Balaban J connectivity index is 1.71. The van der Waals surface area contributed by atoms with Crippen molar-refractivity contribution in [2.75, 3.05) is 5.32 Å². The highest BCUT2D eigenvalue weighted by Gasteiger charge is 2.41. The molecule has 1 unspecified atom stereocenters. The van der Waals surface area contributed by atoms with Crippen molar-refractivity contribution < 1.29 is 18.3 Å². The third-order valence-corrected chi connectivity index (χ3v) is 6.41. The number of anilines is 1. The quantitative estimate of drug-likeness (QED) is 0.511. The number of hydrogen-bond donors (Lipinski definition) is 3. The van der Waals surface area contributed by atoms with Gasteiger partial charge in [0, 0.05) is 22.5 Å². The fourth-order valence-electron chi connectivity index (χ4n) is 3.59. The Bertz CT molecular complexity index is 1260. The van der Waals surface area contributed by atoms with Crippen LogP contribution >= 0.6 is 11.6 Å². The lowest BCUT2D eigenvalue weighted by molar-refractivity contribution is 0.0696. The van der Waals surface area contributed by atoms with Crippen molar-refractivity contribution in [2.45, 2.75) is 12.1 Å². The van der Waals surface area contributed by atoms with E-state index < -0.39 is 21.7 Å². The van der Waals surface area contributed by atoms with Gasteiger partial charge in [0.1, 0.15) is 5.66 Å². The van der Waals surface area contributed by atoms with E-state index in [1.165, 1.54) is 18.2 Å². The van der Waals surface area contributed by atoms with Gasteiger partial charge < -0.3 is 10.4 Å². The largest absolute Gasteiger partial charge is 0.478 e. The highest BCUT2D eigenvalue weighted by atomic mass is 35.5. The van der Waals surface area contributed by atoms with E-state index in [0.717, 1.165) is 22.2 Å². The monoisotopic (exact) mass is 454 g/mol. The Morgan fingerprint density at radius 1 is 1.06 bits per heavy atom. The maximum Gasteiger partial charge on any atom is 0.335 e. The van der Waals surface area contributed by atoms with Crippen LogP contribution in [0.4, 0.5) is 5.69 Å². The van der Waals surface area contributed by atoms with Gasteiger partial charge in [-0.15, -0.1) is 0 Å². The Labute approximate surface area is 185 Å². The minimum absolute atomic E-state index is 0.115. The summed E-state index contributed by atoms with van der Waals surface area (Å²) < 4.78 is 28.7. The lowest BCUT2D eigenvalue weighted by Gasteiger charge is -2.31. The molecule has 0 bridgehead atoms. The number of sulfonamides is 1. The van der Waals surface area contributed by atoms with Crippen molar-refractivity contribution in [1.29, 1.82) is 0 Å². The van der Waals surface area contributed by atoms with Crippen LogP contribution < -0.4 is 10.0 Å². The van der Waals surface area contributed by atoms with E-state index in [1.54, 1.807) is 42.5 Å². The maximum absolute atomic E-state index is 13.0. The van der Waals surface area contributed by atoms with Crippen LogP contribution in [0.3, 0.4) is 0 Å². The van der Waals surface area contributed by atoms with Crippen molar-refractivity contribution >= 4 is 39.4 Å². The molecule has 1 heterocycles. The van der Waals surface area contributed by atoms with Crippen LogP contribution in [0.15, 0.2) is 78.2 Å². The van der Waals surface area contributed by atoms with Gasteiger partial charge in [-0.3, -0.25) is 0 Å². The van der Waals surface area contributed by atoms with Crippen LogP contribution in [0, 0.1) is 0 Å². The molecule has 0 fully saturated rings. The van der Waals surface area contributed by atoms with Gasteiger partial charge in [0.05, 0.1) is 5.56 Å². The predicted octanol–water partition coefficient (Wildman–Crippen LogP) is 4.45. The molecule has 1 aliphatic rings. The van der Waals surface area contributed by atoms with Crippen molar-refractivity contribution in [1.82, 2.24) is 4.72 Å². The number of carboxylic acids is 1. The second-order valence-electron chi connectivity index (χ2n) is 7.25. The number of fused-ring (bicyclic) bond motifs is 1. The molecule has 1 aliphatic heterocycles. The van der Waals surface area contributed by atoms with Crippen LogP contribution in [0.1, 0.15) is 27.0 Å². The zero-order chi connectivity index (χ0) is 22.1. The average Bonchev–Trinajstić information content (AvgIpc) is 3.11. The summed E-state index contributed by atoms with van der Waals surface area (Å²) in [6.45, 7) is 0. The van der Waals surface area contributed by atoms with Crippen molar-refractivity contribution in [3.63, 3.8) is 0 Å². The molecule has 4 rings (SSSR count). The first-order valence-corrected chi connectivity index (χ1v) is 11.4. The second-order valence-corrected chi connectivity index (χ2v) is 9.25. The summed E-state index contributed by atoms with van der Waals surface area (Å²) in [5, 5.41) is 14.1. The van der Waals surface area contributed by atoms with Gasteiger partial charge >= 0.3 is 5.97 Å². The lowest BCUT2D eigenvalue weighted by Crippen LogP contribution is -2.50. The minimum atomic E-state index is -3.87. The van der Waals surface area contributed by atoms with E-state index in [1.807, 2.05) is 18.2 Å². The van der Waals surface area contributed by atoms with Crippen LogP contribution in [-0.2, 0) is 22.1 Å². The standard InChI is InChI=1S/C23H19ClN2O4S/c24-20-10-11-21-18(14-20)15-23(25-21,19-8-6-17(7-9-19)22(27)28)26-31(29,30)13-12-16-4-2-1-3-5-16/h1-14,25-26H,15H2,(H,27,28). The Kier molecular flexibility index (Phi) is 5.58. The molecule has 158 valence electrons. The van der Waals surface area contributed by atoms with Gasteiger partial charge in [-0.25, -0.2) is 13.2 Å². The molecule has 3 N–H and O–H groups in total. The van der Waals surface area contributed by atoms with E-state index in [9.17, 15) is 18.3 Å². The third kappa shape index (κ3) is 4.64. The Morgan fingerprint density at radius 3 is 2.45 bits per heavy atom. The molecule has 0 saturated heterocycles. The minimum Gasteiger partial charge on any atom is -0.478 e. The van der Waals surface area contributed by atoms with Crippen LogP contribution in [0.25, 0.3) is 6.08 Å². The predicted molar refractivity (Wildman–Crippen MR) is 121 cm³/mol. The van der Waals surface area contributed by atoms with Crippen LogP contribution in [0.2, 0.25) is 5.02 Å². The first kappa shape index (κ1) is 21.1. The first-order chi connectivity index (χ1) is 14.8. The van der Waals surface area contributed by atoms with Gasteiger partial charge in [0.25, 0.3) is 0 Å². The molecule has 3 aromatic rings. The Hall–Kier alpha value is -3.13. The molecule has 3 aromatic carbocycles. The first-order valence-electron chi connectivity index (χ1n) is 9.44. The average molecular weight is 455 g/mol. The number of nitrogens with one attached hydrogen (secondary N) is 2. The second kappa shape index (κ2) is 8.19. The number of hydrogen-bond acceptors (Lipinski definition) is 4. The molecular formula is C23H19ClN2O4S. The van der Waals surface area contributed by atoms with Crippen LogP contribution in [-0.4, -0.2) is 19.5 Å². The fraction of sp³-hybridized carbons (Fsp3) is 0.0870. The van der Waals surface area contributed by atoms with E-state index in [2.05, 4.69) is 10.0 Å². The number of carboxylic acid groups (broad SMARTS) is 1. The maximum atomic E-state index is 13.0. The summed E-state index contributed by atoms with van der Waals surface area (Å²) >= 11 is 6.13. The normalized spacial score (nSPS) is 18.0. The molecule has 0 aliphatic carbocycles. The Morgan fingerprint density at radius 2 is 1.77 bits per heavy atom. The lowest BCUT2D eigenvalue weighted by atomic mass is 9.95. The van der Waals surface area contributed by atoms with Crippen LogP contribution in [0.5, 0.6) is 0 Å². The number of carbonyl (C=O) groups is 1. The molecule has 0 spiro atoms. The number of halogens is 1. The van der Waals surface area contributed by atoms with Crippen molar-refractivity contribution in [3.8, 4) is 0 Å². The molecule has 0 radical (unpaired) electrons. The van der Waals surface area contributed by atoms with Gasteiger partial charge in [-0.05, 0) is 53.1 Å². The number of aromatic carboxylic acids is 1. The molecular weight excluding hydrogens is 436 g/mol. The third-order valence-electron chi connectivity index (χ3n) is 5.05. The molecule has 0 aromatic heterocycles. The molecule has 0 amide bonds.